The van der Waals surface area contributed by atoms with E-state index in [1.54, 1.807) is 0 Å². The van der Waals surface area contributed by atoms with Crippen molar-refractivity contribution in [3.63, 3.8) is 0 Å². The van der Waals surface area contributed by atoms with Gasteiger partial charge in [-0.25, -0.2) is 0 Å². The molecule has 2 heteroatoms. The molecule has 1 saturated carbocycles. The average molecular weight is 125 g/mol. The second-order valence-electron chi connectivity index (χ2n) is 3.42. The number of hydrogen-bond acceptors (Lipinski definition) is 2. The predicted molar refractivity (Wildman–Crippen MR) is 33.2 cm³/mol. The fourth-order valence-electron chi connectivity index (χ4n) is 2.30. The molecule has 1 N–H and O–H groups in total. The average Bonchev–Trinajstić information content (AvgIpc) is 2.68. The number of fused-ring (bicyclic) bond motifs is 2. The van der Waals surface area contributed by atoms with Crippen LogP contribution in [0.4, 0.5) is 0 Å². The van der Waals surface area contributed by atoms with E-state index in [4.69, 9.17) is 4.74 Å². The highest BCUT2D eigenvalue weighted by Gasteiger charge is 2.55. The largest absolute Gasteiger partial charge is 0.368 e. The summed E-state index contributed by atoms with van der Waals surface area (Å²) in [7, 11) is 0. The van der Waals surface area contributed by atoms with E-state index in [0.29, 0.717) is 12.2 Å². The highest BCUT2D eigenvalue weighted by Crippen LogP contribution is 2.43. The van der Waals surface area contributed by atoms with Crippen LogP contribution in [-0.4, -0.2) is 24.8 Å². The third-order valence-electron chi connectivity index (χ3n) is 2.91. The summed E-state index contributed by atoms with van der Waals surface area (Å²) in [4.78, 5) is 0. The Morgan fingerprint density at radius 1 is 1.22 bits per heavy atom. The van der Waals surface area contributed by atoms with Gasteiger partial charge in [-0.2, -0.15) is 0 Å². The van der Waals surface area contributed by atoms with E-state index in [1.807, 2.05) is 0 Å². The fourth-order valence-corrected chi connectivity index (χ4v) is 2.30. The summed E-state index contributed by atoms with van der Waals surface area (Å²) < 4.78 is 5.50. The first-order chi connectivity index (χ1) is 4.45. The first-order valence-corrected chi connectivity index (χ1v) is 3.84. The lowest BCUT2D eigenvalue weighted by Gasteiger charge is -2.32. The Labute approximate surface area is 54.6 Å². The molecule has 4 aliphatic rings. The van der Waals surface area contributed by atoms with Crippen LogP contribution in [-0.2, 0) is 4.74 Å². The van der Waals surface area contributed by atoms with Crippen LogP contribution in [0.15, 0.2) is 0 Å². The normalized spacial score (nSPS) is 61.3. The van der Waals surface area contributed by atoms with Crippen molar-refractivity contribution in [2.45, 2.75) is 31.1 Å². The maximum atomic E-state index is 5.50. The van der Waals surface area contributed by atoms with Gasteiger partial charge in [-0.15, -0.1) is 0 Å². The Balaban J connectivity index is 1.93. The van der Waals surface area contributed by atoms with Gasteiger partial charge in [0.05, 0.1) is 12.2 Å². The van der Waals surface area contributed by atoms with Gasteiger partial charge in [0.1, 0.15) is 0 Å². The molecule has 0 aromatic rings. The van der Waals surface area contributed by atoms with Gasteiger partial charge in [-0.05, 0) is 12.8 Å². The number of piperidine rings is 2. The van der Waals surface area contributed by atoms with Gasteiger partial charge in [-0.3, -0.25) is 0 Å². The van der Waals surface area contributed by atoms with Gasteiger partial charge >= 0.3 is 0 Å². The van der Waals surface area contributed by atoms with Crippen LogP contribution in [0.5, 0.6) is 0 Å². The second-order valence-corrected chi connectivity index (χ2v) is 3.42. The zero-order valence-corrected chi connectivity index (χ0v) is 5.34. The molecule has 0 spiro atoms. The van der Waals surface area contributed by atoms with Crippen LogP contribution in [0.1, 0.15) is 12.8 Å². The summed E-state index contributed by atoms with van der Waals surface area (Å²) >= 11 is 0. The van der Waals surface area contributed by atoms with E-state index >= 15 is 0 Å². The number of epoxide rings is 1. The Morgan fingerprint density at radius 2 is 2.22 bits per heavy atom. The second kappa shape index (κ2) is 1.32. The van der Waals surface area contributed by atoms with Crippen molar-refractivity contribution in [2.24, 2.45) is 5.92 Å². The molecule has 4 atom stereocenters. The molecule has 4 rings (SSSR count). The van der Waals surface area contributed by atoms with E-state index < -0.39 is 0 Å². The number of nitrogens with one attached hydrogen (secondary N) is 1. The maximum absolute atomic E-state index is 5.50. The minimum atomic E-state index is 0.623. The third kappa shape index (κ3) is 0.485. The summed E-state index contributed by atoms with van der Waals surface area (Å²) in [5, 5.41) is 3.48. The van der Waals surface area contributed by atoms with Gasteiger partial charge < -0.3 is 10.1 Å². The minimum absolute atomic E-state index is 0.623. The smallest absolute Gasteiger partial charge is 0.0997 e. The summed E-state index contributed by atoms with van der Waals surface area (Å²) in [6, 6.07) is 0.722. The molecule has 4 unspecified atom stereocenters. The van der Waals surface area contributed by atoms with Crippen molar-refractivity contribution in [1.82, 2.24) is 5.32 Å². The Hall–Kier alpha value is -0.0800. The maximum Gasteiger partial charge on any atom is 0.0997 e. The Kier molecular flexibility index (Phi) is 0.691. The molecule has 0 aromatic heterocycles. The lowest BCUT2D eigenvalue weighted by Crippen LogP contribution is -2.49. The van der Waals surface area contributed by atoms with Gasteiger partial charge in [-0.1, -0.05) is 0 Å². The van der Waals surface area contributed by atoms with Gasteiger partial charge in [0, 0.05) is 18.5 Å². The highest BCUT2D eigenvalue weighted by atomic mass is 16.6. The van der Waals surface area contributed by atoms with Crippen molar-refractivity contribution in [3.8, 4) is 0 Å². The van der Waals surface area contributed by atoms with Crippen LogP contribution in [0, 0.1) is 5.92 Å². The molecule has 2 bridgehead atoms. The molecule has 3 aliphatic heterocycles. The van der Waals surface area contributed by atoms with E-state index in [2.05, 4.69) is 5.32 Å². The monoisotopic (exact) mass is 125 g/mol. The van der Waals surface area contributed by atoms with Crippen LogP contribution in [0.2, 0.25) is 0 Å². The standard InChI is InChI=1S/C7H11NO/c1-2-5-7-6(9-7)4(1)3-8-5/h4-8H,1-3H2. The molecule has 3 heterocycles. The van der Waals surface area contributed by atoms with Gasteiger partial charge in [0.15, 0.2) is 0 Å². The Morgan fingerprint density at radius 3 is 2.67 bits per heavy atom. The summed E-state index contributed by atoms with van der Waals surface area (Å²) in [5.41, 5.74) is 0. The van der Waals surface area contributed by atoms with E-state index in [9.17, 15) is 0 Å². The zero-order valence-electron chi connectivity index (χ0n) is 5.34. The summed E-state index contributed by atoms with van der Waals surface area (Å²) in [5.74, 6) is 0.861. The van der Waals surface area contributed by atoms with Crippen LogP contribution in [0.25, 0.3) is 0 Å². The number of rotatable bonds is 0. The van der Waals surface area contributed by atoms with Crippen molar-refractivity contribution >= 4 is 0 Å². The predicted octanol–water partition coefficient (Wildman–Crippen LogP) is 0.136. The molecule has 4 fully saturated rings. The first kappa shape index (κ1) is 4.69. The molecule has 2 nitrogen and oxygen atoms in total. The molecule has 0 amide bonds. The lowest BCUT2D eigenvalue weighted by atomic mass is 9.82. The molecule has 3 saturated heterocycles. The van der Waals surface area contributed by atoms with Crippen molar-refractivity contribution in [1.29, 1.82) is 0 Å². The molecular formula is C7H11NO. The summed E-state index contributed by atoms with van der Waals surface area (Å²) in [6.45, 7) is 1.21. The topological polar surface area (TPSA) is 24.6 Å². The van der Waals surface area contributed by atoms with Crippen LogP contribution < -0.4 is 5.32 Å². The van der Waals surface area contributed by atoms with E-state index in [-0.39, 0.29) is 0 Å². The van der Waals surface area contributed by atoms with Crippen molar-refractivity contribution < 1.29 is 4.74 Å². The SMILES string of the molecule is C1CC2NCC1C1OC21. The third-order valence-corrected chi connectivity index (χ3v) is 2.91. The molecule has 1 aliphatic carbocycles. The van der Waals surface area contributed by atoms with Crippen LogP contribution in [0.3, 0.4) is 0 Å². The molecule has 9 heavy (non-hydrogen) atoms. The highest BCUT2D eigenvalue weighted by molar-refractivity contribution is 5.07. The molecule has 0 radical (unpaired) electrons. The lowest BCUT2D eigenvalue weighted by molar-refractivity contribution is 0.255. The quantitative estimate of drug-likeness (QED) is 0.465. The first-order valence-electron chi connectivity index (χ1n) is 3.84. The molecule has 0 aromatic carbocycles. The van der Waals surface area contributed by atoms with E-state index in [0.717, 1.165) is 12.0 Å². The number of hydrogen-bond donors (Lipinski definition) is 1. The molecule has 50 valence electrons. The van der Waals surface area contributed by atoms with Gasteiger partial charge in [0.2, 0.25) is 0 Å². The van der Waals surface area contributed by atoms with Crippen molar-refractivity contribution in [2.75, 3.05) is 6.54 Å². The Bertz CT molecular complexity index is 124. The van der Waals surface area contributed by atoms with Crippen LogP contribution >= 0.6 is 0 Å². The van der Waals surface area contributed by atoms with Gasteiger partial charge in [0.25, 0.3) is 0 Å². The van der Waals surface area contributed by atoms with Crippen molar-refractivity contribution in [3.05, 3.63) is 0 Å². The van der Waals surface area contributed by atoms with E-state index in [1.165, 1.54) is 19.4 Å². The number of ether oxygens (including phenoxy) is 1. The fraction of sp³-hybridized carbons (Fsp3) is 1.00. The zero-order chi connectivity index (χ0) is 5.84. The summed E-state index contributed by atoms with van der Waals surface area (Å²) in [6.07, 6.45) is 4.05. The molecular weight excluding hydrogens is 114 g/mol. The minimum Gasteiger partial charge on any atom is -0.368 e.